The third kappa shape index (κ3) is 5.19. The van der Waals surface area contributed by atoms with Gasteiger partial charge in [0, 0.05) is 19.6 Å². The maximum atomic E-state index is 12.3. The van der Waals surface area contributed by atoms with E-state index >= 15 is 0 Å². The molecule has 110 valence electrons. The highest BCUT2D eigenvalue weighted by Gasteiger charge is 2.30. The van der Waals surface area contributed by atoms with Crippen LogP contribution >= 0.6 is 0 Å². The summed E-state index contributed by atoms with van der Waals surface area (Å²) in [6.07, 6.45) is 1.93. The van der Waals surface area contributed by atoms with Crippen LogP contribution in [0.2, 0.25) is 0 Å². The van der Waals surface area contributed by atoms with Crippen LogP contribution in [0.3, 0.4) is 0 Å². The molecule has 0 spiro atoms. The fourth-order valence-electron chi connectivity index (χ4n) is 2.33. The lowest BCUT2D eigenvalue weighted by Gasteiger charge is -2.31. The zero-order chi connectivity index (χ0) is 14.4. The first kappa shape index (κ1) is 16.0. The van der Waals surface area contributed by atoms with Gasteiger partial charge in [-0.2, -0.15) is 0 Å². The predicted octanol–water partition coefficient (Wildman–Crippen LogP) is 0.605. The van der Waals surface area contributed by atoms with Crippen molar-refractivity contribution in [2.45, 2.75) is 39.7 Å². The number of likely N-dealkylation sites (N-methyl/N-ethyl adjacent to an activating group) is 1. The number of rotatable bonds is 5. The molecule has 0 aromatic heterocycles. The van der Waals surface area contributed by atoms with Crippen molar-refractivity contribution >= 4 is 11.8 Å². The van der Waals surface area contributed by atoms with Crippen molar-refractivity contribution in [2.75, 3.05) is 26.7 Å². The number of carbonyl (C=O) groups is 2. The van der Waals surface area contributed by atoms with Gasteiger partial charge in [0.15, 0.2) is 0 Å². The summed E-state index contributed by atoms with van der Waals surface area (Å²) >= 11 is 0. The summed E-state index contributed by atoms with van der Waals surface area (Å²) in [7, 11) is 1.71. The minimum Gasteiger partial charge on any atom is -0.354 e. The van der Waals surface area contributed by atoms with Crippen molar-refractivity contribution in [3.8, 4) is 0 Å². The quantitative estimate of drug-likeness (QED) is 0.768. The lowest BCUT2D eigenvalue weighted by Crippen LogP contribution is -2.49. The number of nitrogens with one attached hydrogen (secondary N) is 2. The fraction of sp³-hybridized carbons (Fsp3) is 0.857. The zero-order valence-corrected chi connectivity index (χ0v) is 12.5. The third-order valence-corrected chi connectivity index (χ3v) is 3.54. The number of nitrogens with zero attached hydrogens (tertiary/aromatic N) is 1. The summed E-state index contributed by atoms with van der Waals surface area (Å²) in [5.74, 6) is 0.407. The molecule has 5 nitrogen and oxygen atoms in total. The Morgan fingerprint density at radius 2 is 2.11 bits per heavy atom. The van der Waals surface area contributed by atoms with Crippen molar-refractivity contribution in [1.82, 2.24) is 15.5 Å². The monoisotopic (exact) mass is 269 g/mol. The molecule has 1 saturated heterocycles. The minimum absolute atomic E-state index is 0.00310. The van der Waals surface area contributed by atoms with E-state index < -0.39 is 0 Å². The van der Waals surface area contributed by atoms with E-state index in [1.165, 1.54) is 0 Å². The Hall–Kier alpha value is -1.10. The van der Waals surface area contributed by atoms with Crippen LogP contribution in [0, 0.1) is 11.8 Å². The normalized spacial score (nSPS) is 23.2. The Morgan fingerprint density at radius 3 is 2.68 bits per heavy atom. The van der Waals surface area contributed by atoms with Gasteiger partial charge in [0.1, 0.15) is 0 Å². The highest BCUT2D eigenvalue weighted by Crippen LogP contribution is 2.18. The van der Waals surface area contributed by atoms with Crippen molar-refractivity contribution in [2.24, 2.45) is 11.8 Å². The second kappa shape index (κ2) is 7.48. The molecule has 2 amide bonds. The van der Waals surface area contributed by atoms with Crippen molar-refractivity contribution in [3.05, 3.63) is 0 Å². The highest BCUT2D eigenvalue weighted by molar-refractivity contribution is 5.86. The zero-order valence-electron chi connectivity index (χ0n) is 12.5. The number of hydrogen-bond donors (Lipinski definition) is 2. The summed E-state index contributed by atoms with van der Waals surface area (Å²) in [6.45, 7) is 7.91. The molecule has 0 aromatic rings. The molecule has 2 unspecified atom stereocenters. The second-order valence-electron chi connectivity index (χ2n) is 5.88. The molecule has 0 bridgehead atoms. The van der Waals surface area contributed by atoms with E-state index in [2.05, 4.69) is 10.6 Å². The summed E-state index contributed by atoms with van der Waals surface area (Å²) in [4.78, 5) is 25.5. The second-order valence-corrected chi connectivity index (χ2v) is 5.88. The van der Waals surface area contributed by atoms with Gasteiger partial charge in [-0.15, -0.1) is 0 Å². The van der Waals surface area contributed by atoms with E-state index in [-0.39, 0.29) is 30.3 Å². The van der Waals surface area contributed by atoms with Crippen LogP contribution in [0.15, 0.2) is 0 Å². The molecular weight excluding hydrogens is 242 g/mol. The standard InChI is InChI=1S/C14H27N3O2/c1-10(2)8-16-13(18)9-17(4)14(19)12-6-5-7-15-11(12)3/h10-12,15H,5-9H2,1-4H3,(H,16,18). The molecule has 1 aliphatic heterocycles. The number of amides is 2. The summed E-state index contributed by atoms with van der Waals surface area (Å²) in [5.41, 5.74) is 0. The molecule has 2 atom stereocenters. The maximum Gasteiger partial charge on any atom is 0.239 e. The van der Waals surface area contributed by atoms with Gasteiger partial charge >= 0.3 is 0 Å². The molecule has 0 saturated carbocycles. The Morgan fingerprint density at radius 1 is 1.42 bits per heavy atom. The summed E-state index contributed by atoms with van der Waals surface area (Å²) in [5, 5.41) is 6.15. The summed E-state index contributed by atoms with van der Waals surface area (Å²) in [6, 6.07) is 0.197. The van der Waals surface area contributed by atoms with Gasteiger partial charge in [0.2, 0.25) is 11.8 Å². The first-order chi connectivity index (χ1) is 8.91. The molecule has 19 heavy (non-hydrogen) atoms. The third-order valence-electron chi connectivity index (χ3n) is 3.54. The van der Waals surface area contributed by atoms with Gasteiger partial charge in [0.05, 0.1) is 12.5 Å². The molecule has 1 fully saturated rings. The highest BCUT2D eigenvalue weighted by atomic mass is 16.2. The van der Waals surface area contributed by atoms with E-state index in [1.807, 2.05) is 20.8 Å². The van der Waals surface area contributed by atoms with Gasteiger partial charge in [-0.25, -0.2) is 0 Å². The molecule has 1 aliphatic rings. The Bertz CT molecular complexity index is 318. The lowest BCUT2D eigenvalue weighted by molar-refractivity contribution is -0.139. The van der Waals surface area contributed by atoms with Gasteiger partial charge in [-0.3, -0.25) is 9.59 Å². The predicted molar refractivity (Wildman–Crippen MR) is 75.7 cm³/mol. The van der Waals surface area contributed by atoms with Crippen LogP contribution in [0.5, 0.6) is 0 Å². The topological polar surface area (TPSA) is 61.4 Å². The minimum atomic E-state index is -0.0824. The fourth-order valence-corrected chi connectivity index (χ4v) is 2.33. The van der Waals surface area contributed by atoms with E-state index in [9.17, 15) is 9.59 Å². The number of hydrogen-bond acceptors (Lipinski definition) is 3. The first-order valence-corrected chi connectivity index (χ1v) is 7.17. The average molecular weight is 269 g/mol. The smallest absolute Gasteiger partial charge is 0.239 e. The van der Waals surface area contributed by atoms with Gasteiger partial charge < -0.3 is 15.5 Å². The molecule has 2 N–H and O–H groups in total. The first-order valence-electron chi connectivity index (χ1n) is 7.17. The van der Waals surface area contributed by atoms with Crippen LogP contribution < -0.4 is 10.6 Å². The van der Waals surface area contributed by atoms with Crippen LogP contribution in [0.1, 0.15) is 33.6 Å². The largest absolute Gasteiger partial charge is 0.354 e. The van der Waals surface area contributed by atoms with E-state index in [1.54, 1.807) is 11.9 Å². The van der Waals surface area contributed by atoms with E-state index in [4.69, 9.17) is 0 Å². The molecule has 1 heterocycles. The molecule has 1 rings (SSSR count). The lowest BCUT2D eigenvalue weighted by atomic mass is 9.91. The molecule has 0 radical (unpaired) electrons. The van der Waals surface area contributed by atoms with Crippen LogP contribution in [0.4, 0.5) is 0 Å². The molecule has 0 aromatic carbocycles. The van der Waals surface area contributed by atoms with Crippen molar-refractivity contribution in [1.29, 1.82) is 0 Å². The van der Waals surface area contributed by atoms with Crippen LogP contribution in [0.25, 0.3) is 0 Å². The molecular formula is C14H27N3O2. The Labute approximate surface area is 116 Å². The summed E-state index contributed by atoms with van der Waals surface area (Å²) < 4.78 is 0. The van der Waals surface area contributed by atoms with Crippen molar-refractivity contribution < 1.29 is 9.59 Å². The molecule has 5 heteroatoms. The Kier molecular flexibility index (Phi) is 6.28. The van der Waals surface area contributed by atoms with Crippen LogP contribution in [-0.2, 0) is 9.59 Å². The number of carbonyl (C=O) groups excluding carboxylic acids is 2. The average Bonchev–Trinajstić information content (AvgIpc) is 2.36. The van der Waals surface area contributed by atoms with Crippen LogP contribution in [-0.4, -0.2) is 49.4 Å². The van der Waals surface area contributed by atoms with E-state index in [0.29, 0.717) is 12.5 Å². The van der Waals surface area contributed by atoms with Gasteiger partial charge in [0.25, 0.3) is 0 Å². The van der Waals surface area contributed by atoms with Crippen molar-refractivity contribution in [3.63, 3.8) is 0 Å². The SMILES string of the molecule is CC(C)CNC(=O)CN(C)C(=O)C1CCCNC1C. The van der Waals surface area contributed by atoms with Gasteiger partial charge in [-0.1, -0.05) is 13.8 Å². The van der Waals surface area contributed by atoms with Gasteiger partial charge in [-0.05, 0) is 32.2 Å². The number of piperidine rings is 1. The maximum absolute atomic E-state index is 12.3. The molecule has 0 aliphatic carbocycles. The Balaban J connectivity index is 2.41. The van der Waals surface area contributed by atoms with E-state index in [0.717, 1.165) is 19.4 Å².